The molecule has 6 rings (SSSR count). The molecule has 1 saturated heterocycles. The Morgan fingerprint density at radius 3 is 2.67 bits per heavy atom. The van der Waals surface area contributed by atoms with E-state index in [1.807, 2.05) is 24.0 Å². The first kappa shape index (κ1) is 30.1. The minimum Gasteiger partial charge on any atom is -0.496 e. The number of carbonyl (C=O) groups is 1. The van der Waals surface area contributed by atoms with Gasteiger partial charge in [0.2, 0.25) is 0 Å². The summed E-state index contributed by atoms with van der Waals surface area (Å²) in [7, 11) is 1.67. The zero-order chi connectivity index (χ0) is 30.1. The first-order chi connectivity index (χ1) is 20.8. The van der Waals surface area contributed by atoms with Gasteiger partial charge in [-0.3, -0.25) is 4.79 Å². The minimum atomic E-state index is -0.533. The van der Waals surface area contributed by atoms with Crippen molar-refractivity contribution in [3.8, 4) is 16.7 Å². The fourth-order valence-electron chi connectivity index (χ4n) is 5.75. The quantitative estimate of drug-likeness (QED) is 0.261. The van der Waals surface area contributed by atoms with E-state index in [9.17, 15) is 9.18 Å². The van der Waals surface area contributed by atoms with Gasteiger partial charge in [-0.1, -0.05) is 46.7 Å². The fraction of sp³-hybridized carbons (Fsp3) is 0.419. The summed E-state index contributed by atoms with van der Waals surface area (Å²) in [6.45, 7) is 4.43. The number of methoxy groups -OCH3 is 1. The number of rotatable bonds is 11. The Balaban J connectivity index is 1.21. The average Bonchev–Trinajstić information content (AvgIpc) is 3.72. The lowest BCUT2D eigenvalue weighted by Crippen LogP contribution is -2.59. The van der Waals surface area contributed by atoms with Crippen LogP contribution >= 0.6 is 34.5 Å². The summed E-state index contributed by atoms with van der Waals surface area (Å²) >= 11 is 13.5. The van der Waals surface area contributed by atoms with E-state index in [2.05, 4.69) is 21.7 Å². The summed E-state index contributed by atoms with van der Waals surface area (Å²) in [6, 6.07) is 8.66. The number of amides is 1. The number of thiazole rings is 1. The van der Waals surface area contributed by atoms with E-state index in [0.717, 1.165) is 64.4 Å². The van der Waals surface area contributed by atoms with Crippen LogP contribution in [0.1, 0.15) is 35.3 Å². The molecule has 43 heavy (non-hydrogen) atoms. The van der Waals surface area contributed by atoms with E-state index in [0.29, 0.717) is 24.7 Å². The lowest BCUT2D eigenvalue weighted by atomic mass is 9.86. The van der Waals surface area contributed by atoms with E-state index in [1.54, 1.807) is 13.3 Å². The van der Waals surface area contributed by atoms with Crippen LogP contribution in [0.15, 0.2) is 42.1 Å². The molecule has 1 unspecified atom stereocenters. The number of fused-ring (bicyclic) bond motifs is 2. The van der Waals surface area contributed by atoms with E-state index >= 15 is 0 Å². The van der Waals surface area contributed by atoms with Crippen LogP contribution in [0.5, 0.6) is 16.7 Å². The molecule has 1 saturated carbocycles. The predicted octanol–water partition coefficient (Wildman–Crippen LogP) is 5.64. The van der Waals surface area contributed by atoms with Crippen LogP contribution < -0.4 is 24.8 Å². The van der Waals surface area contributed by atoms with E-state index in [-0.39, 0.29) is 53.0 Å². The zero-order valence-corrected chi connectivity index (χ0v) is 26.3. The molecule has 3 aromatic rings. The van der Waals surface area contributed by atoms with Gasteiger partial charge in [0.05, 0.1) is 28.1 Å². The molecule has 2 aliphatic heterocycles. The van der Waals surface area contributed by atoms with Crippen molar-refractivity contribution in [2.24, 2.45) is 0 Å². The van der Waals surface area contributed by atoms with Gasteiger partial charge in [-0.2, -0.15) is 0 Å². The Hall–Kier alpha value is -2.89. The number of aromatic nitrogens is 1. The van der Waals surface area contributed by atoms with Crippen molar-refractivity contribution in [3.05, 3.63) is 74.0 Å². The van der Waals surface area contributed by atoms with Crippen molar-refractivity contribution in [1.82, 2.24) is 20.5 Å². The van der Waals surface area contributed by atoms with Crippen molar-refractivity contribution in [3.63, 3.8) is 0 Å². The lowest BCUT2D eigenvalue weighted by Gasteiger charge is -2.40. The molecule has 2 atom stereocenters. The molecular formula is C31H33Cl2FN4O4S. The third kappa shape index (κ3) is 6.63. The topological polar surface area (TPSA) is 85.0 Å². The van der Waals surface area contributed by atoms with Crippen LogP contribution in [0.3, 0.4) is 0 Å². The summed E-state index contributed by atoms with van der Waals surface area (Å²) in [4.78, 5) is 21.9. The Morgan fingerprint density at radius 2 is 1.93 bits per heavy atom. The van der Waals surface area contributed by atoms with Gasteiger partial charge in [-0.25, -0.2) is 9.37 Å². The highest BCUT2D eigenvalue weighted by Gasteiger charge is 2.41. The smallest absolute Gasteiger partial charge is 0.273 e. The van der Waals surface area contributed by atoms with Crippen molar-refractivity contribution in [2.75, 3.05) is 33.4 Å². The van der Waals surface area contributed by atoms with Gasteiger partial charge < -0.3 is 29.7 Å². The first-order valence-corrected chi connectivity index (χ1v) is 15.9. The van der Waals surface area contributed by atoms with E-state index < -0.39 is 5.82 Å². The highest BCUT2D eigenvalue weighted by Crippen LogP contribution is 2.39. The number of halogens is 3. The molecule has 2 fully saturated rings. The molecule has 8 nitrogen and oxygen atoms in total. The highest BCUT2D eigenvalue weighted by atomic mass is 35.5. The Bertz CT molecular complexity index is 1520. The molecule has 1 aliphatic carbocycles. The maximum atomic E-state index is 14.4. The number of hydrogen-bond acceptors (Lipinski definition) is 8. The number of piperazine rings is 1. The standard InChI is InChI=1S/C31H33Cl2FN4O4S/c1-17-18(4-3-5-26(17)40-2)16-38(21-6-7-21)30(39)28-22(12-20-13-35-14-25(28)37-20)27-15-36-31(43-27)42-9-8-41-29-23(32)10-19(34)11-24(29)33/h3-5,10-11,15,20-21,25,35,37H,6-9,12-14,16H2,1-2H3/t20?,25-/m1/s1. The number of benzene rings is 2. The Labute approximate surface area is 264 Å². The molecule has 2 bridgehead atoms. The van der Waals surface area contributed by atoms with Gasteiger partial charge in [-0.05, 0) is 61.1 Å². The van der Waals surface area contributed by atoms with Crippen LogP contribution in [0, 0.1) is 12.7 Å². The Kier molecular flexibility index (Phi) is 9.11. The summed E-state index contributed by atoms with van der Waals surface area (Å²) in [5.41, 5.74) is 3.97. The summed E-state index contributed by atoms with van der Waals surface area (Å²) < 4.78 is 30.5. The van der Waals surface area contributed by atoms with Crippen molar-refractivity contribution in [1.29, 1.82) is 0 Å². The minimum absolute atomic E-state index is 0.0664. The van der Waals surface area contributed by atoms with Gasteiger partial charge in [0.1, 0.15) is 24.8 Å². The van der Waals surface area contributed by atoms with Gasteiger partial charge in [-0.15, -0.1) is 0 Å². The Morgan fingerprint density at radius 1 is 1.16 bits per heavy atom. The normalized spacial score (nSPS) is 19.7. The number of carbonyl (C=O) groups excluding carboxylic acids is 1. The first-order valence-electron chi connectivity index (χ1n) is 14.3. The maximum absolute atomic E-state index is 14.4. The fourth-order valence-corrected chi connectivity index (χ4v) is 7.17. The zero-order valence-electron chi connectivity index (χ0n) is 23.9. The van der Waals surface area contributed by atoms with Crippen molar-refractivity contribution < 1.29 is 23.4 Å². The van der Waals surface area contributed by atoms with E-state index in [4.69, 9.17) is 37.4 Å². The molecule has 3 aliphatic rings. The third-order valence-electron chi connectivity index (χ3n) is 8.04. The van der Waals surface area contributed by atoms with Crippen LogP contribution in [-0.2, 0) is 11.3 Å². The number of nitrogens with zero attached hydrogens (tertiary/aromatic N) is 2. The summed E-state index contributed by atoms with van der Waals surface area (Å²) in [6.07, 6.45) is 4.52. The van der Waals surface area contributed by atoms with Crippen LogP contribution in [-0.4, -0.2) is 67.3 Å². The molecule has 228 valence electrons. The second kappa shape index (κ2) is 13.0. The number of ether oxygens (including phenoxy) is 3. The largest absolute Gasteiger partial charge is 0.496 e. The molecule has 0 spiro atoms. The maximum Gasteiger partial charge on any atom is 0.273 e. The third-order valence-corrected chi connectivity index (χ3v) is 9.57. The molecule has 2 aromatic carbocycles. The van der Waals surface area contributed by atoms with E-state index in [1.165, 1.54) is 11.3 Å². The molecule has 3 heterocycles. The summed E-state index contributed by atoms with van der Waals surface area (Å²) in [5, 5.41) is 7.83. The second-order valence-corrected chi connectivity index (χ2v) is 12.8. The molecular weight excluding hydrogens is 614 g/mol. The van der Waals surface area contributed by atoms with Gasteiger partial charge >= 0.3 is 0 Å². The van der Waals surface area contributed by atoms with Crippen LogP contribution in [0.25, 0.3) is 5.57 Å². The predicted molar refractivity (Wildman–Crippen MR) is 166 cm³/mol. The van der Waals surface area contributed by atoms with Crippen molar-refractivity contribution >= 4 is 46.0 Å². The number of hydrogen-bond donors (Lipinski definition) is 2. The van der Waals surface area contributed by atoms with Gasteiger partial charge in [0.15, 0.2) is 5.75 Å². The van der Waals surface area contributed by atoms with Crippen LogP contribution in [0.2, 0.25) is 10.0 Å². The average molecular weight is 648 g/mol. The molecule has 1 amide bonds. The number of nitrogens with one attached hydrogen (secondary N) is 2. The van der Waals surface area contributed by atoms with Crippen LogP contribution in [0.4, 0.5) is 4.39 Å². The highest BCUT2D eigenvalue weighted by molar-refractivity contribution is 7.14. The van der Waals surface area contributed by atoms with Gasteiger partial charge in [0, 0.05) is 43.5 Å². The van der Waals surface area contributed by atoms with Crippen molar-refractivity contribution in [2.45, 2.75) is 50.9 Å². The molecule has 1 aromatic heterocycles. The second-order valence-electron chi connectivity index (χ2n) is 11.0. The monoisotopic (exact) mass is 646 g/mol. The lowest BCUT2D eigenvalue weighted by molar-refractivity contribution is -0.128. The SMILES string of the molecule is COc1cccc(CN(C(=O)C2=C(c3cnc(OCCOc4c(Cl)cc(F)cc4Cl)s3)CC3CNC[C@H]2N3)C2CC2)c1C. The summed E-state index contributed by atoms with van der Waals surface area (Å²) in [5.74, 6) is 0.567. The molecule has 2 N–H and O–H groups in total. The molecule has 0 radical (unpaired) electrons. The van der Waals surface area contributed by atoms with Gasteiger partial charge in [0.25, 0.3) is 11.1 Å². The molecule has 12 heteroatoms.